The van der Waals surface area contributed by atoms with Crippen LogP contribution in [0.2, 0.25) is 0 Å². The fourth-order valence-corrected chi connectivity index (χ4v) is 11.0. The van der Waals surface area contributed by atoms with Gasteiger partial charge >= 0.3 is 0 Å². The SMILES string of the molecule is CC(C)(C)P(Cc1cccc(CCN=Cc2ccccc2P(c2ccccc2)c2ccccc2)n1)C(C)(C)C. The van der Waals surface area contributed by atoms with Crippen LogP contribution in [0.3, 0.4) is 0 Å². The van der Waals surface area contributed by atoms with Crippen LogP contribution in [0.25, 0.3) is 0 Å². The summed E-state index contributed by atoms with van der Waals surface area (Å²) in [7, 11) is -0.882. The Hall–Kier alpha value is -2.66. The minimum absolute atomic E-state index is 0.217. The standard InChI is InChI=1S/C35H42N2P2/c1-34(2,3)38(35(4,5)6)27-30-18-15-17-29(37-30)24-25-36-26-28-16-13-14-23-33(28)39(31-19-9-7-10-20-31)32-21-11-8-12-22-32/h7-23,26H,24-25,27H2,1-6H3. The molecule has 0 amide bonds. The molecule has 0 aliphatic rings. The minimum Gasteiger partial charge on any atom is -0.292 e. The molecule has 1 heterocycles. The first-order valence-electron chi connectivity index (χ1n) is 13.8. The van der Waals surface area contributed by atoms with Crippen molar-refractivity contribution in [2.75, 3.05) is 6.54 Å². The molecule has 202 valence electrons. The molecule has 0 bridgehead atoms. The normalized spacial score (nSPS) is 12.5. The third kappa shape index (κ3) is 8.17. The number of hydrogen-bond acceptors (Lipinski definition) is 2. The molecule has 0 spiro atoms. The number of rotatable bonds is 9. The van der Waals surface area contributed by atoms with E-state index in [1.807, 2.05) is 0 Å². The van der Waals surface area contributed by atoms with Gasteiger partial charge < -0.3 is 0 Å². The maximum Gasteiger partial charge on any atom is 0.0450 e. The van der Waals surface area contributed by atoms with Crippen molar-refractivity contribution in [1.82, 2.24) is 4.98 Å². The lowest BCUT2D eigenvalue weighted by molar-refractivity contribution is 0.701. The Labute approximate surface area is 238 Å². The Morgan fingerprint density at radius 1 is 0.641 bits per heavy atom. The average Bonchev–Trinajstić information content (AvgIpc) is 2.91. The largest absolute Gasteiger partial charge is 0.292 e. The Kier molecular flexibility index (Phi) is 9.87. The lowest BCUT2D eigenvalue weighted by atomic mass is 10.2. The second-order valence-corrected chi connectivity index (χ2v) is 17.9. The van der Waals surface area contributed by atoms with Gasteiger partial charge in [-0.2, -0.15) is 0 Å². The zero-order chi connectivity index (χ0) is 27.9. The summed E-state index contributed by atoms with van der Waals surface area (Å²) in [4.78, 5) is 9.94. The fourth-order valence-electron chi connectivity index (χ4n) is 5.12. The molecule has 0 radical (unpaired) electrons. The topological polar surface area (TPSA) is 25.2 Å². The molecule has 0 saturated heterocycles. The molecule has 0 saturated carbocycles. The molecule has 0 aliphatic heterocycles. The first kappa shape index (κ1) is 29.3. The number of hydrogen-bond donors (Lipinski definition) is 0. The first-order chi connectivity index (χ1) is 18.6. The van der Waals surface area contributed by atoms with Crippen LogP contribution in [0.15, 0.2) is 108 Å². The van der Waals surface area contributed by atoms with E-state index in [1.54, 1.807) is 0 Å². The van der Waals surface area contributed by atoms with Gasteiger partial charge in [0, 0.05) is 42.3 Å². The van der Waals surface area contributed by atoms with Gasteiger partial charge in [-0.15, -0.1) is 0 Å². The van der Waals surface area contributed by atoms with Gasteiger partial charge in [0.05, 0.1) is 0 Å². The first-order valence-corrected chi connectivity index (χ1v) is 16.7. The number of benzene rings is 3. The van der Waals surface area contributed by atoms with Gasteiger partial charge in [-0.3, -0.25) is 9.98 Å². The molecule has 0 N–H and O–H groups in total. The molecule has 4 heteroatoms. The Morgan fingerprint density at radius 2 is 1.18 bits per heavy atom. The Morgan fingerprint density at radius 3 is 1.77 bits per heavy atom. The van der Waals surface area contributed by atoms with Crippen LogP contribution in [0.1, 0.15) is 58.5 Å². The van der Waals surface area contributed by atoms with Crippen LogP contribution >= 0.6 is 15.8 Å². The molecule has 4 aromatic rings. The van der Waals surface area contributed by atoms with Gasteiger partial charge in [0.2, 0.25) is 0 Å². The summed E-state index contributed by atoms with van der Waals surface area (Å²) in [6.07, 6.45) is 3.98. The van der Waals surface area contributed by atoms with E-state index in [0.29, 0.717) is 10.3 Å². The Bertz CT molecular complexity index is 1300. The molecule has 4 rings (SSSR count). The molecular formula is C35H42N2P2. The van der Waals surface area contributed by atoms with Gasteiger partial charge in [-0.05, 0) is 46.3 Å². The summed E-state index contributed by atoms with van der Waals surface area (Å²) in [5.74, 6) is 0. The number of aromatic nitrogens is 1. The van der Waals surface area contributed by atoms with E-state index in [0.717, 1.165) is 24.8 Å². The van der Waals surface area contributed by atoms with E-state index < -0.39 is 7.92 Å². The predicted molar refractivity (Wildman–Crippen MR) is 176 cm³/mol. The van der Waals surface area contributed by atoms with Gasteiger partial charge in [-0.25, -0.2) is 0 Å². The van der Waals surface area contributed by atoms with Crippen LogP contribution in [0.4, 0.5) is 0 Å². The van der Waals surface area contributed by atoms with Gasteiger partial charge in [0.1, 0.15) is 0 Å². The van der Waals surface area contributed by atoms with E-state index in [9.17, 15) is 0 Å². The lowest BCUT2D eigenvalue weighted by Gasteiger charge is -2.41. The zero-order valence-electron chi connectivity index (χ0n) is 24.3. The number of pyridine rings is 1. The molecule has 0 aliphatic carbocycles. The van der Waals surface area contributed by atoms with Crippen LogP contribution in [0.5, 0.6) is 0 Å². The van der Waals surface area contributed by atoms with Crippen LogP contribution in [-0.4, -0.2) is 28.1 Å². The van der Waals surface area contributed by atoms with Crippen molar-refractivity contribution in [3.8, 4) is 0 Å². The van der Waals surface area contributed by atoms with Gasteiger partial charge in [0.25, 0.3) is 0 Å². The highest BCUT2D eigenvalue weighted by atomic mass is 31.1. The maximum atomic E-state index is 5.05. The predicted octanol–water partition coefficient (Wildman–Crippen LogP) is 8.08. The monoisotopic (exact) mass is 552 g/mol. The molecule has 2 nitrogen and oxygen atoms in total. The van der Waals surface area contributed by atoms with Gasteiger partial charge in [0.15, 0.2) is 0 Å². The molecular weight excluding hydrogens is 510 g/mol. The third-order valence-corrected chi connectivity index (χ3v) is 13.1. The smallest absolute Gasteiger partial charge is 0.0450 e. The zero-order valence-corrected chi connectivity index (χ0v) is 26.1. The van der Waals surface area contributed by atoms with Crippen molar-refractivity contribution in [2.24, 2.45) is 4.99 Å². The van der Waals surface area contributed by atoms with E-state index in [-0.39, 0.29) is 7.92 Å². The van der Waals surface area contributed by atoms with Crippen molar-refractivity contribution in [2.45, 2.75) is 64.4 Å². The average molecular weight is 553 g/mol. The highest BCUT2D eigenvalue weighted by molar-refractivity contribution is 7.80. The van der Waals surface area contributed by atoms with Crippen molar-refractivity contribution in [3.05, 3.63) is 120 Å². The van der Waals surface area contributed by atoms with Gasteiger partial charge in [-0.1, -0.05) is 140 Å². The van der Waals surface area contributed by atoms with Crippen molar-refractivity contribution >= 4 is 38.0 Å². The summed E-state index contributed by atoms with van der Waals surface area (Å²) in [6.45, 7) is 15.0. The Balaban J connectivity index is 1.50. The molecule has 39 heavy (non-hydrogen) atoms. The molecule has 0 unspecified atom stereocenters. The number of aliphatic imine (C=N–C) groups is 1. The third-order valence-electron chi connectivity index (χ3n) is 6.74. The molecule has 1 aromatic heterocycles. The quantitative estimate of drug-likeness (QED) is 0.152. The van der Waals surface area contributed by atoms with Crippen LogP contribution < -0.4 is 15.9 Å². The maximum absolute atomic E-state index is 5.05. The summed E-state index contributed by atoms with van der Waals surface area (Å²) >= 11 is 0. The second-order valence-electron chi connectivity index (χ2n) is 11.9. The van der Waals surface area contributed by atoms with E-state index in [2.05, 4.69) is 151 Å². The second kappa shape index (κ2) is 13.1. The highest BCUT2D eigenvalue weighted by Crippen LogP contribution is 2.61. The molecule has 0 atom stereocenters. The molecule has 3 aromatic carbocycles. The van der Waals surface area contributed by atoms with E-state index >= 15 is 0 Å². The number of nitrogens with zero attached hydrogens (tertiary/aromatic N) is 2. The van der Waals surface area contributed by atoms with E-state index in [1.165, 1.54) is 27.2 Å². The lowest BCUT2D eigenvalue weighted by Crippen LogP contribution is -2.26. The highest BCUT2D eigenvalue weighted by Gasteiger charge is 2.34. The summed E-state index contributed by atoms with van der Waals surface area (Å²) in [6, 6.07) is 36.9. The van der Waals surface area contributed by atoms with Crippen molar-refractivity contribution < 1.29 is 0 Å². The van der Waals surface area contributed by atoms with E-state index in [4.69, 9.17) is 9.98 Å². The van der Waals surface area contributed by atoms with Crippen LogP contribution in [0, 0.1) is 0 Å². The summed E-state index contributed by atoms with van der Waals surface area (Å²) in [5.41, 5.74) is 3.54. The fraction of sp³-hybridized carbons (Fsp3) is 0.314. The van der Waals surface area contributed by atoms with Crippen LogP contribution in [-0.2, 0) is 12.6 Å². The van der Waals surface area contributed by atoms with Crippen molar-refractivity contribution in [1.29, 1.82) is 0 Å². The minimum atomic E-state index is -0.666. The van der Waals surface area contributed by atoms with Crippen molar-refractivity contribution in [3.63, 3.8) is 0 Å². The summed E-state index contributed by atoms with van der Waals surface area (Å²) in [5, 5.41) is 4.63. The summed E-state index contributed by atoms with van der Waals surface area (Å²) < 4.78 is 0. The molecule has 0 fully saturated rings.